The average molecular weight is 324 g/mol. The van der Waals surface area contributed by atoms with Gasteiger partial charge in [0, 0.05) is 26.7 Å². The van der Waals surface area contributed by atoms with Crippen LogP contribution in [0.15, 0.2) is 59.6 Å². The highest BCUT2D eigenvalue weighted by molar-refractivity contribution is 8.00. The second-order valence-electron chi connectivity index (χ2n) is 6.41. The van der Waals surface area contributed by atoms with Crippen LogP contribution in [0.4, 0.5) is 5.69 Å². The van der Waals surface area contributed by atoms with Crippen molar-refractivity contribution >= 4 is 34.3 Å². The standard InChI is InChI=1S/C19H20N2OS/c1-19(2,3)23-17-11-7-6-10-16(17)21-18(22)14-12-20-15-9-5-4-8-13(14)15/h4-12,20H,1-3H3,(H,21,22). The van der Waals surface area contributed by atoms with E-state index >= 15 is 0 Å². The summed E-state index contributed by atoms with van der Waals surface area (Å²) in [6.45, 7) is 6.49. The molecule has 0 bridgehead atoms. The van der Waals surface area contributed by atoms with E-state index in [-0.39, 0.29) is 10.7 Å². The smallest absolute Gasteiger partial charge is 0.257 e. The Balaban J connectivity index is 1.89. The zero-order valence-electron chi connectivity index (χ0n) is 13.5. The minimum atomic E-state index is -0.0931. The number of aromatic nitrogens is 1. The van der Waals surface area contributed by atoms with Gasteiger partial charge in [-0.05, 0) is 18.2 Å². The molecule has 3 nitrogen and oxygen atoms in total. The third-order valence-corrected chi connectivity index (χ3v) is 4.57. The van der Waals surface area contributed by atoms with Gasteiger partial charge in [0.25, 0.3) is 5.91 Å². The SMILES string of the molecule is CC(C)(C)Sc1ccccc1NC(=O)c1c[nH]c2ccccc12. The third kappa shape index (κ3) is 3.59. The van der Waals surface area contributed by atoms with Gasteiger partial charge in [0.05, 0.1) is 11.3 Å². The van der Waals surface area contributed by atoms with Crippen molar-refractivity contribution in [3.8, 4) is 0 Å². The van der Waals surface area contributed by atoms with E-state index in [9.17, 15) is 4.79 Å². The van der Waals surface area contributed by atoms with Crippen molar-refractivity contribution in [2.24, 2.45) is 0 Å². The molecular weight excluding hydrogens is 304 g/mol. The molecule has 3 rings (SSSR count). The Labute approximate surface area is 140 Å². The van der Waals surface area contributed by atoms with E-state index in [0.717, 1.165) is 21.5 Å². The number of benzene rings is 2. The first kappa shape index (κ1) is 15.7. The molecule has 0 saturated carbocycles. The Hall–Kier alpha value is -2.20. The van der Waals surface area contributed by atoms with Crippen LogP contribution in [0.3, 0.4) is 0 Å². The molecule has 2 N–H and O–H groups in total. The van der Waals surface area contributed by atoms with Crippen LogP contribution in [0.2, 0.25) is 0 Å². The summed E-state index contributed by atoms with van der Waals surface area (Å²) in [5.41, 5.74) is 2.48. The quantitative estimate of drug-likeness (QED) is 0.641. The molecule has 3 aromatic rings. The zero-order valence-corrected chi connectivity index (χ0v) is 14.3. The van der Waals surface area contributed by atoms with Gasteiger partial charge in [0.1, 0.15) is 0 Å². The van der Waals surface area contributed by atoms with Gasteiger partial charge in [0.15, 0.2) is 0 Å². The fourth-order valence-electron chi connectivity index (χ4n) is 2.44. The van der Waals surface area contributed by atoms with Crippen molar-refractivity contribution in [3.05, 3.63) is 60.3 Å². The minimum Gasteiger partial charge on any atom is -0.360 e. The molecule has 0 radical (unpaired) electrons. The molecule has 1 amide bonds. The minimum absolute atomic E-state index is 0.0849. The number of nitrogens with one attached hydrogen (secondary N) is 2. The van der Waals surface area contributed by atoms with E-state index in [4.69, 9.17) is 0 Å². The molecule has 0 spiro atoms. The Morgan fingerprint density at radius 2 is 1.74 bits per heavy atom. The number of aromatic amines is 1. The molecule has 1 aromatic heterocycles. The second-order valence-corrected chi connectivity index (χ2v) is 8.28. The van der Waals surface area contributed by atoms with Gasteiger partial charge in [-0.15, -0.1) is 11.8 Å². The summed E-state index contributed by atoms with van der Waals surface area (Å²) in [7, 11) is 0. The number of hydrogen-bond acceptors (Lipinski definition) is 2. The summed E-state index contributed by atoms with van der Waals surface area (Å²) >= 11 is 1.75. The summed E-state index contributed by atoms with van der Waals surface area (Å²) in [5, 5.41) is 3.98. The number of para-hydroxylation sites is 2. The summed E-state index contributed by atoms with van der Waals surface area (Å²) in [6, 6.07) is 15.7. The number of carbonyl (C=O) groups excluding carboxylic acids is 1. The van der Waals surface area contributed by atoms with Crippen molar-refractivity contribution in [2.75, 3.05) is 5.32 Å². The molecule has 0 saturated heterocycles. The number of thioether (sulfide) groups is 1. The lowest BCUT2D eigenvalue weighted by Gasteiger charge is -2.20. The molecule has 0 fully saturated rings. The number of amides is 1. The van der Waals surface area contributed by atoms with E-state index in [1.54, 1.807) is 18.0 Å². The number of hydrogen-bond donors (Lipinski definition) is 2. The van der Waals surface area contributed by atoms with Crippen LogP contribution in [0.5, 0.6) is 0 Å². The molecule has 0 aliphatic rings. The second kappa shape index (κ2) is 6.13. The number of anilines is 1. The van der Waals surface area contributed by atoms with Crippen molar-refractivity contribution in [1.82, 2.24) is 4.98 Å². The van der Waals surface area contributed by atoms with Gasteiger partial charge in [-0.1, -0.05) is 51.1 Å². The van der Waals surface area contributed by atoms with Gasteiger partial charge in [-0.25, -0.2) is 0 Å². The lowest BCUT2D eigenvalue weighted by Crippen LogP contribution is -2.13. The fraction of sp³-hybridized carbons (Fsp3) is 0.211. The molecule has 2 aromatic carbocycles. The third-order valence-electron chi connectivity index (χ3n) is 3.39. The Morgan fingerprint density at radius 3 is 2.52 bits per heavy atom. The number of fused-ring (bicyclic) bond motifs is 1. The first-order valence-electron chi connectivity index (χ1n) is 7.59. The summed E-state index contributed by atoms with van der Waals surface area (Å²) in [5.74, 6) is -0.0931. The topological polar surface area (TPSA) is 44.9 Å². The largest absolute Gasteiger partial charge is 0.360 e. The van der Waals surface area contributed by atoms with E-state index < -0.39 is 0 Å². The van der Waals surface area contributed by atoms with Crippen molar-refractivity contribution in [1.29, 1.82) is 0 Å². The zero-order chi connectivity index (χ0) is 16.4. The van der Waals surface area contributed by atoms with E-state index in [2.05, 4.69) is 31.1 Å². The first-order valence-corrected chi connectivity index (χ1v) is 8.41. The van der Waals surface area contributed by atoms with Crippen LogP contribution in [0.1, 0.15) is 31.1 Å². The van der Waals surface area contributed by atoms with Gasteiger partial charge in [0.2, 0.25) is 0 Å². The number of carbonyl (C=O) groups is 1. The van der Waals surface area contributed by atoms with E-state index in [1.807, 2.05) is 48.5 Å². The van der Waals surface area contributed by atoms with Crippen LogP contribution >= 0.6 is 11.8 Å². The number of H-pyrrole nitrogens is 1. The summed E-state index contributed by atoms with van der Waals surface area (Å²) < 4.78 is 0.0849. The monoisotopic (exact) mass is 324 g/mol. The van der Waals surface area contributed by atoms with Gasteiger partial charge in [-0.2, -0.15) is 0 Å². The lowest BCUT2D eigenvalue weighted by atomic mass is 10.1. The molecule has 0 aliphatic carbocycles. The predicted molar refractivity (Wildman–Crippen MR) is 98.3 cm³/mol. The molecule has 4 heteroatoms. The van der Waals surface area contributed by atoms with Crippen LogP contribution < -0.4 is 5.32 Å². The fourth-order valence-corrected chi connectivity index (χ4v) is 3.47. The normalized spacial score (nSPS) is 11.6. The lowest BCUT2D eigenvalue weighted by molar-refractivity contribution is 0.102. The van der Waals surface area contributed by atoms with Crippen LogP contribution in [-0.2, 0) is 0 Å². The molecule has 1 heterocycles. The van der Waals surface area contributed by atoms with Crippen LogP contribution in [0, 0.1) is 0 Å². The van der Waals surface area contributed by atoms with Crippen molar-refractivity contribution in [3.63, 3.8) is 0 Å². The first-order chi connectivity index (χ1) is 10.9. The maximum absolute atomic E-state index is 12.7. The van der Waals surface area contributed by atoms with Crippen LogP contribution in [0.25, 0.3) is 10.9 Å². The average Bonchev–Trinajstić information content (AvgIpc) is 2.92. The Morgan fingerprint density at radius 1 is 1.04 bits per heavy atom. The van der Waals surface area contributed by atoms with E-state index in [1.165, 1.54) is 0 Å². The highest BCUT2D eigenvalue weighted by Gasteiger charge is 2.17. The molecule has 0 unspecified atom stereocenters. The van der Waals surface area contributed by atoms with E-state index in [0.29, 0.717) is 5.56 Å². The van der Waals surface area contributed by atoms with Gasteiger partial charge < -0.3 is 10.3 Å². The van der Waals surface area contributed by atoms with Gasteiger partial charge >= 0.3 is 0 Å². The maximum Gasteiger partial charge on any atom is 0.257 e. The predicted octanol–water partition coefficient (Wildman–Crippen LogP) is 5.31. The Bertz CT molecular complexity index is 846. The molecular formula is C19H20N2OS. The Kier molecular flexibility index (Phi) is 4.18. The highest BCUT2D eigenvalue weighted by Crippen LogP contribution is 2.36. The van der Waals surface area contributed by atoms with Crippen molar-refractivity contribution in [2.45, 2.75) is 30.4 Å². The van der Waals surface area contributed by atoms with Gasteiger partial charge in [-0.3, -0.25) is 4.79 Å². The molecule has 0 atom stereocenters. The van der Waals surface area contributed by atoms with Crippen LogP contribution in [-0.4, -0.2) is 15.6 Å². The maximum atomic E-state index is 12.7. The number of rotatable bonds is 3. The molecule has 23 heavy (non-hydrogen) atoms. The highest BCUT2D eigenvalue weighted by atomic mass is 32.2. The summed E-state index contributed by atoms with van der Waals surface area (Å²) in [4.78, 5) is 16.9. The molecule has 118 valence electrons. The van der Waals surface area contributed by atoms with Crippen molar-refractivity contribution < 1.29 is 4.79 Å². The molecule has 0 aliphatic heterocycles. The summed E-state index contributed by atoms with van der Waals surface area (Å²) in [6.07, 6.45) is 1.76.